The predicted molar refractivity (Wildman–Crippen MR) is 45.2 cm³/mol. The summed E-state index contributed by atoms with van der Waals surface area (Å²) in [6.45, 7) is 1.57. The van der Waals surface area contributed by atoms with Crippen LogP contribution in [0.5, 0.6) is 0 Å². The van der Waals surface area contributed by atoms with Crippen molar-refractivity contribution in [2.45, 2.75) is 13.0 Å². The second-order valence-electron chi connectivity index (χ2n) is 2.98. The normalized spacial score (nSPS) is 18.2. The summed E-state index contributed by atoms with van der Waals surface area (Å²) in [6.07, 6.45) is 1.26. The summed E-state index contributed by atoms with van der Waals surface area (Å²) in [5, 5.41) is 8.01. The second-order valence-corrected chi connectivity index (χ2v) is 2.98. The van der Waals surface area contributed by atoms with Gasteiger partial charge >= 0.3 is 17.8 Å². The average molecular weight is 209 g/mol. The van der Waals surface area contributed by atoms with E-state index in [4.69, 9.17) is 0 Å². The summed E-state index contributed by atoms with van der Waals surface area (Å²) in [6, 6.07) is -1.39. The Balaban J connectivity index is 2.28. The summed E-state index contributed by atoms with van der Waals surface area (Å²) >= 11 is 0. The van der Waals surface area contributed by atoms with Crippen molar-refractivity contribution in [3.8, 4) is 0 Å². The average Bonchev–Trinajstić information content (AvgIpc) is 2.76. The summed E-state index contributed by atoms with van der Waals surface area (Å²) in [7, 11) is 0. The number of hydrogen-bond acceptors (Lipinski definition) is 5. The SMILES string of the molecule is CC(c1ncn[nH]1)N1C(=O)NC(=O)C1=O. The molecule has 15 heavy (non-hydrogen) atoms. The number of amides is 4. The molecule has 78 valence electrons. The Morgan fingerprint density at radius 3 is 2.60 bits per heavy atom. The van der Waals surface area contributed by atoms with Crippen LogP contribution in [0.3, 0.4) is 0 Å². The van der Waals surface area contributed by atoms with E-state index in [2.05, 4.69) is 15.2 Å². The van der Waals surface area contributed by atoms with Crippen molar-refractivity contribution >= 4 is 17.8 Å². The highest BCUT2D eigenvalue weighted by atomic mass is 16.2. The first kappa shape index (κ1) is 9.31. The van der Waals surface area contributed by atoms with Crippen LogP contribution in [-0.4, -0.2) is 37.9 Å². The minimum Gasteiger partial charge on any atom is -0.269 e. The molecule has 1 aliphatic heterocycles. The third kappa shape index (κ3) is 1.35. The van der Waals surface area contributed by atoms with Crippen LogP contribution in [0.1, 0.15) is 18.8 Å². The summed E-state index contributed by atoms with van der Waals surface area (Å²) < 4.78 is 0. The molecule has 8 nitrogen and oxygen atoms in total. The highest BCUT2D eigenvalue weighted by molar-refractivity contribution is 6.44. The molecule has 1 atom stereocenters. The van der Waals surface area contributed by atoms with Crippen molar-refractivity contribution in [2.75, 3.05) is 0 Å². The molecule has 1 saturated heterocycles. The molecule has 2 rings (SSSR count). The molecule has 0 saturated carbocycles. The number of H-pyrrole nitrogens is 1. The molecule has 0 aliphatic carbocycles. The molecule has 1 unspecified atom stereocenters. The Bertz CT molecular complexity index is 426. The molecular formula is C7H7N5O3. The molecule has 1 fully saturated rings. The van der Waals surface area contributed by atoms with Gasteiger partial charge < -0.3 is 0 Å². The van der Waals surface area contributed by atoms with Crippen molar-refractivity contribution in [1.82, 2.24) is 25.4 Å². The Hall–Kier alpha value is -2.25. The molecule has 1 aromatic heterocycles. The van der Waals surface area contributed by atoms with Gasteiger partial charge in [-0.25, -0.2) is 14.7 Å². The van der Waals surface area contributed by atoms with Crippen LogP contribution in [0, 0.1) is 0 Å². The van der Waals surface area contributed by atoms with Gasteiger partial charge in [-0.3, -0.25) is 20.0 Å². The van der Waals surface area contributed by atoms with Gasteiger partial charge in [-0.2, -0.15) is 5.10 Å². The summed E-state index contributed by atoms with van der Waals surface area (Å²) in [4.78, 5) is 38.0. The number of urea groups is 1. The zero-order valence-corrected chi connectivity index (χ0v) is 7.72. The molecule has 8 heteroatoms. The lowest BCUT2D eigenvalue weighted by Crippen LogP contribution is -2.34. The van der Waals surface area contributed by atoms with E-state index in [-0.39, 0.29) is 0 Å². The van der Waals surface area contributed by atoms with E-state index in [9.17, 15) is 14.4 Å². The van der Waals surface area contributed by atoms with Crippen molar-refractivity contribution in [3.63, 3.8) is 0 Å². The van der Waals surface area contributed by atoms with E-state index in [1.807, 2.05) is 5.32 Å². The predicted octanol–water partition coefficient (Wildman–Crippen LogP) is -1.06. The van der Waals surface area contributed by atoms with Gasteiger partial charge in [-0.15, -0.1) is 0 Å². The molecule has 0 aromatic carbocycles. The standard InChI is InChI=1S/C7H7N5O3/c1-3(4-8-2-9-11-4)12-6(14)5(13)10-7(12)15/h2-3H,1H3,(H,8,9,11)(H,10,13,15). The number of nitrogens with one attached hydrogen (secondary N) is 2. The second kappa shape index (κ2) is 3.15. The first-order chi connectivity index (χ1) is 7.11. The van der Waals surface area contributed by atoms with E-state index < -0.39 is 23.9 Å². The number of hydrogen-bond donors (Lipinski definition) is 2. The minimum absolute atomic E-state index is 0.341. The maximum absolute atomic E-state index is 11.3. The van der Waals surface area contributed by atoms with Crippen molar-refractivity contribution in [2.24, 2.45) is 0 Å². The Labute approximate surface area is 83.7 Å². The first-order valence-electron chi connectivity index (χ1n) is 4.15. The number of aromatic amines is 1. The van der Waals surface area contributed by atoms with Gasteiger partial charge in [0.15, 0.2) is 0 Å². The van der Waals surface area contributed by atoms with Crippen LogP contribution in [0.25, 0.3) is 0 Å². The summed E-state index contributed by atoms with van der Waals surface area (Å²) in [5.74, 6) is -1.47. The van der Waals surface area contributed by atoms with Crippen LogP contribution < -0.4 is 5.32 Å². The lowest BCUT2D eigenvalue weighted by atomic mass is 10.3. The van der Waals surface area contributed by atoms with Crippen LogP contribution in [0.4, 0.5) is 4.79 Å². The number of carbonyl (C=O) groups excluding carboxylic acids is 3. The first-order valence-corrected chi connectivity index (χ1v) is 4.15. The quantitative estimate of drug-likeness (QED) is 0.477. The highest BCUT2D eigenvalue weighted by Crippen LogP contribution is 2.18. The Morgan fingerprint density at radius 1 is 1.40 bits per heavy atom. The minimum atomic E-state index is -0.925. The lowest BCUT2D eigenvalue weighted by Gasteiger charge is -2.17. The van der Waals surface area contributed by atoms with Crippen molar-refractivity contribution in [1.29, 1.82) is 0 Å². The van der Waals surface area contributed by atoms with Gasteiger partial charge in [0, 0.05) is 0 Å². The monoisotopic (exact) mass is 209 g/mol. The van der Waals surface area contributed by atoms with E-state index in [1.165, 1.54) is 6.33 Å². The maximum atomic E-state index is 11.3. The maximum Gasteiger partial charge on any atom is 0.332 e. The number of rotatable bonds is 2. The molecule has 0 bridgehead atoms. The van der Waals surface area contributed by atoms with Crippen LogP contribution in [0.2, 0.25) is 0 Å². The van der Waals surface area contributed by atoms with E-state index >= 15 is 0 Å². The van der Waals surface area contributed by atoms with Gasteiger partial charge in [0.2, 0.25) is 0 Å². The highest BCUT2D eigenvalue weighted by Gasteiger charge is 2.41. The van der Waals surface area contributed by atoms with Crippen LogP contribution >= 0.6 is 0 Å². The van der Waals surface area contributed by atoms with Gasteiger partial charge in [-0.05, 0) is 6.92 Å². The number of carbonyl (C=O) groups is 3. The number of nitrogens with zero attached hydrogens (tertiary/aromatic N) is 3. The van der Waals surface area contributed by atoms with Crippen molar-refractivity contribution < 1.29 is 14.4 Å². The fraction of sp³-hybridized carbons (Fsp3) is 0.286. The van der Waals surface area contributed by atoms with Gasteiger partial charge in [-0.1, -0.05) is 0 Å². The lowest BCUT2D eigenvalue weighted by molar-refractivity contribution is -0.141. The zero-order valence-electron chi connectivity index (χ0n) is 7.72. The van der Waals surface area contributed by atoms with Crippen LogP contribution in [-0.2, 0) is 9.59 Å². The van der Waals surface area contributed by atoms with E-state index in [1.54, 1.807) is 6.92 Å². The molecule has 2 heterocycles. The molecule has 2 N–H and O–H groups in total. The van der Waals surface area contributed by atoms with Crippen LogP contribution in [0.15, 0.2) is 6.33 Å². The van der Waals surface area contributed by atoms with Gasteiger partial charge in [0.1, 0.15) is 12.2 Å². The Kier molecular flexibility index (Phi) is 1.96. The molecule has 1 aromatic rings. The smallest absolute Gasteiger partial charge is 0.269 e. The third-order valence-electron chi connectivity index (χ3n) is 2.07. The van der Waals surface area contributed by atoms with E-state index in [0.29, 0.717) is 5.82 Å². The third-order valence-corrected chi connectivity index (χ3v) is 2.07. The summed E-state index contributed by atoms with van der Waals surface area (Å²) in [5.41, 5.74) is 0. The Morgan fingerprint density at radius 2 is 2.13 bits per heavy atom. The number of imide groups is 2. The largest absolute Gasteiger partial charge is 0.332 e. The fourth-order valence-corrected chi connectivity index (χ4v) is 1.30. The van der Waals surface area contributed by atoms with Gasteiger partial charge in [0.25, 0.3) is 0 Å². The molecule has 1 aliphatic rings. The van der Waals surface area contributed by atoms with Crippen molar-refractivity contribution in [3.05, 3.63) is 12.2 Å². The van der Waals surface area contributed by atoms with E-state index in [0.717, 1.165) is 4.90 Å². The molecule has 0 spiro atoms. The number of aromatic nitrogens is 3. The fourth-order valence-electron chi connectivity index (χ4n) is 1.30. The molecule has 4 amide bonds. The topological polar surface area (TPSA) is 108 Å². The zero-order chi connectivity index (χ0) is 11.0. The molecular weight excluding hydrogens is 202 g/mol. The molecule has 0 radical (unpaired) electrons. The van der Waals surface area contributed by atoms with Gasteiger partial charge in [0.05, 0.1) is 6.04 Å².